The second-order valence-corrected chi connectivity index (χ2v) is 4.11. The SMILES string of the molecule is Cc1cc(OCC(=O)NC2CCCC2)no1. The molecule has 0 atom stereocenters. The molecule has 1 heterocycles. The molecule has 1 aliphatic rings. The Morgan fingerprint density at radius 3 is 3.00 bits per heavy atom. The van der Waals surface area contributed by atoms with E-state index >= 15 is 0 Å². The average Bonchev–Trinajstić information content (AvgIpc) is 2.87. The van der Waals surface area contributed by atoms with Gasteiger partial charge in [0.1, 0.15) is 5.76 Å². The summed E-state index contributed by atoms with van der Waals surface area (Å²) in [5.74, 6) is 0.942. The molecule has 5 heteroatoms. The van der Waals surface area contributed by atoms with Crippen LogP contribution in [0.15, 0.2) is 10.6 Å². The molecule has 1 saturated carbocycles. The van der Waals surface area contributed by atoms with Crippen LogP contribution in [0.2, 0.25) is 0 Å². The van der Waals surface area contributed by atoms with E-state index in [2.05, 4.69) is 10.5 Å². The maximum atomic E-state index is 11.5. The van der Waals surface area contributed by atoms with Gasteiger partial charge < -0.3 is 14.6 Å². The first kappa shape index (κ1) is 11.0. The van der Waals surface area contributed by atoms with Gasteiger partial charge in [0.05, 0.1) is 0 Å². The molecule has 0 spiro atoms. The van der Waals surface area contributed by atoms with Crippen molar-refractivity contribution in [3.63, 3.8) is 0 Å². The Morgan fingerprint density at radius 2 is 2.38 bits per heavy atom. The predicted molar refractivity (Wildman–Crippen MR) is 57.1 cm³/mol. The second-order valence-electron chi connectivity index (χ2n) is 4.11. The maximum Gasteiger partial charge on any atom is 0.258 e. The molecule has 1 fully saturated rings. The van der Waals surface area contributed by atoms with Gasteiger partial charge in [0.25, 0.3) is 11.8 Å². The fraction of sp³-hybridized carbons (Fsp3) is 0.636. The third kappa shape index (κ3) is 2.98. The Bertz CT molecular complexity index is 356. The molecular weight excluding hydrogens is 208 g/mol. The third-order valence-corrected chi connectivity index (χ3v) is 2.68. The number of carbonyl (C=O) groups is 1. The minimum absolute atomic E-state index is 0.00245. The van der Waals surface area contributed by atoms with E-state index in [-0.39, 0.29) is 12.5 Å². The number of hydrogen-bond donors (Lipinski definition) is 1. The summed E-state index contributed by atoms with van der Waals surface area (Å²) in [6.45, 7) is 1.78. The summed E-state index contributed by atoms with van der Waals surface area (Å²) < 4.78 is 10.0. The zero-order chi connectivity index (χ0) is 11.4. The lowest BCUT2D eigenvalue weighted by atomic mass is 10.2. The Labute approximate surface area is 94.1 Å². The van der Waals surface area contributed by atoms with Gasteiger partial charge in [-0.1, -0.05) is 12.8 Å². The van der Waals surface area contributed by atoms with E-state index in [0.29, 0.717) is 17.7 Å². The fourth-order valence-corrected chi connectivity index (χ4v) is 1.89. The van der Waals surface area contributed by atoms with Gasteiger partial charge in [0.15, 0.2) is 6.61 Å². The predicted octanol–water partition coefficient (Wildman–Crippen LogP) is 1.42. The highest BCUT2D eigenvalue weighted by atomic mass is 16.5. The van der Waals surface area contributed by atoms with E-state index in [0.717, 1.165) is 12.8 Å². The number of aromatic nitrogens is 1. The van der Waals surface area contributed by atoms with Crippen LogP contribution in [-0.2, 0) is 4.79 Å². The molecule has 5 nitrogen and oxygen atoms in total. The Hall–Kier alpha value is -1.52. The molecule has 0 aliphatic heterocycles. The van der Waals surface area contributed by atoms with Gasteiger partial charge in [-0.3, -0.25) is 4.79 Å². The molecule has 1 N–H and O–H groups in total. The van der Waals surface area contributed by atoms with Crippen molar-refractivity contribution in [1.29, 1.82) is 0 Å². The number of rotatable bonds is 4. The first-order valence-electron chi connectivity index (χ1n) is 5.59. The standard InChI is InChI=1S/C11H16N2O3/c1-8-6-11(13-16-8)15-7-10(14)12-9-4-2-3-5-9/h6,9H,2-5,7H2,1H3,(H,12,14). The Kier molecular flexibility index (Phi) is 3.44. The van der Waals surface area contributed by atoms with E-state index in [9.17, 15) is 4.79 Å². The Balaban J connectivity index is 1.71. The van der Waals surface area contributed by atoms with Crippen molar-refractivity contribution in [2.45, 2.75) is 38.6 Å². The van der Waals surface area contributed by atoms with Crippen LogP contribution in [0.25, 0.3) is 0 Å². The molecule has 1 aromatic rings. The van der Waals surface area contributed by atoms with E-state index in [1.54, 1.807) is 13.0 Å². The van der Waals surface area contributed by atoms with Crippen LogP contribution in [0.5, 0.6) is 5.88 Å². The number of hydrogen-bond acceptors (Lipinski definition) is 4. The van der Waals surface area contributed by atoms with Crippen LogP contribution in [0.1, 0.15) is 31.4 Å². The van der Waals surface area contributed by atoms with Crippen LogP contribution in [-0.4, -0.2) is 23.7 Å². The lowest BCUT2D eigenvalue weighted by Crippen LogP contribution is -2.36. The van der Waals surface area contributed by atoms with Gasteiger partial charge in [-0.25, -0.2) is 0 Å². The zero-order valence-corrected chi connectivity index (χ0v) is 9.36. The Morgan fingerprint density at radius 1 is 1.62 bits per heavy atom. The summed E-state index contributed by atoms with van der Waals surface area (Å²) in [6.07, 6.45) is 4.56. The topological polar surface area (TPSA) is 64.4 Å². The molecule has 1 aliphatic carbocycles. The molecule has 1 aromatic heterocycles. The lowest BCUT2D eigenvalue weighted by molar-refractivity contribution is -0.123. The monoisotopic (exact) mass is 224 g/mol. The van der Waals surface area contributed by atoms with Gasteiger partial charge in [0.2, 0.25) is 0 Å². The van der Waals surface area contributed by atoms with Crippen molar-refractivity contribution >= 4 is 5.91 Å². The van der Waals surface area contributed by atoms with Crippen LogP contribution in [0.3, 0.4) is 0 Å². The molecule has 2 rings (SSSR count). The number of carbonyl (C=O) groups excluding carboxylic acids is 1. The van der Waals surface area contributed by atoms with Crippen LogP contribution in [0.4, 0.5) is 0 Å². The van der Waals surface area contributed by atoms with Gasteiger partial charge in [-0.15, -0.1) is 0 Å². The normalized spacial score (nSPS) is 16.3. The van der Waals surface area contributed by atoms with Crippen LogP contribution in [0, 0.1) is 6.92 Å². The van der Waals surface area contributed by atoms with Crippen molar-refractivity contribution in [1.82, 2.24) is 10.5 Å². The van der Waals surface area contributed by atoms with Crippen molar-refractivity contribution < 1.29 is 14.1 Å². The van der Waals surface area contributed by atoms with Crippen LogP contribution < -0.4 is 10.1 Å². The van der Waals surface area contributed by atoms with Gasteiger partial charge in [0, 0.05) is 12.1 Å². The van der Waals surface area contributed by atoms with Crippen molar-refractivity contribution in [3.8, 4) is 5.88 Å². The summed E-state index contributed by atoms with van der Waals surface area (Å²) in [7, 11) is 0. The third-order valence-electron chi connectivity index (χ3n) is 2.68. The molecule has 0 aromatic carbocycles. The molecule has 16 heavy (non-hydrogen) atoms. The van der Waals surface area contributed by atoms with Gasteiger partial charge >= 0.3 is 0 Å². The van der Waals surface area contributed by atoms with Crippen molar-refractivity contribution in [2.75, 3.05) is 6.61 Å². The summed E-state index contributed by atoms with van der Waals surface area (Å²) in [6, 6.07) is 1.98. The maximum absolute atomic E-state index is 11.5. The minimum Gasteiger partial charge on any atom is -0.465 e. The summed E-state index contributed by atoms with van der Waals surface area (Å²) >= 11 is 0. The quantitative estimate of drug-likeness (QED) is 0.840. The van der Waals surface area contributed by atoms with Crippen LogP contribution >= 0.6 is 0 Å². The van der Waals surface area contributed by atoms with E-state index in [1.165, 1.54) is 12.8 Å². The molecule has 0 bridgehead atoms. The van der Waals surface area contributed by atoms with Crippen molar-refractivity contribution in [2.24, 2.45) is 0 Å². The highest BCUT2D eigenvalue weighted by Gasteiger charge is 2.17. The van der Waals surface area contributed by atoms with E-state index in [4.69, 9.17) is 9.26 Å². The highest BCUT2D eigenvalue weighted by molar-refractivity contribution is 5.77. The summed E-state index contributed by atoms with van der Waals surface area (Å²) in [4.78, 5) is 11.5. The number of ether oxygens (including phenoxy) is 1. The lowest BCUT2D eigenvalue weighted by Gasteiger charge is -2.11. The summed E-state index contributed by atoms with van der Waals surface area (Å²) in [5.41, 5.74) is 0. The number of aryl methyl sites for hydroxylation is 1. The van der Waals surface area contributed by atoms with Gasteiger partial charge in [-0.2, -0.15) is 0 Å². The zero-order valence-electron chi connectivity index (χ0n) is 9.36. The average molecular weight is 224 g/mol. The van der Waals surface area contributed by atoms with E-state index < -0.39 is 0 Å². The number of nitrogens with one attached hydrogen (secondary N) is 1. The molecule has 88 valence electrons. The minimum atomic E-state index is -0.0902. The first-order valence-corrected chi connectivity index (χ1v) is 5.59. The summed E-state index contributed by atoms with van der Waals surface area (Å²) in [5, 5.41) is 6.58. The first-order chi connectivity index (χ1) is 7.74. The van der Waals surface area contributed by atoms with Crippen molar-refractivity contribution in [3.05, 3.63) is 11.8 Å². The molecular formula is C11H16N2O3. The molecule has 0 saturated heterocycles. The molecule has 0 radical (unpaired) electrons. The highest BCUT2D eigenvalue weighted by Crippen LogP contribution is 2.17. The smallest absolute Gasteiger partial charge is 0.258 e. The molecule has 0 unspecified atom stereocenters. The van der Waals surface area contributed by atoms with Gasteiger partial charge in [-0.05, 0) is 24.9 Å². The second kappa shape index (κ2) is 5.01. The number of nitrogens with zero attached hydrogens (tertiary/aromatic N) is 1. The largest absolute Gasteiger partial charge is 0.465 e. The fourth-order valence-electron chi connectivity index (χ4n) is 1.89. The van der Waals surface area contributed by atoms with E-state index in [1.807, 2.05) is 0 Å². The molecule has 1 amide bonds. The number of amides is 1.